The molecule has 1 atom stereocenters. The number of carbonyl (C=O) groups excluding carboxylic acids is 1. The lowest BCUT2D eigenvalue weighted by Gasteiger charge is -2.27. The lowest BCUT2D eigenvalue weighted by molar-refractivity contribution is -0.394. The first-order valence-electron chi connectivity index (χ1n) is 9.04. The number of aryl methyl sites for hydroxylation is 1. The van der Waals surface area contributed by atoms with Gasteiger partial charge in [0.15, 0.2) is 23.4 Å². The summed E-state index contributed by atoms with van der Waals surface area (Å²) in [5, 5.41) is 14.4. The molecule has 1 aliphatic heterocycles. The van der Waals surface area contributed by atoms with E-state index in [0.717, 1.165) is 17.1 Å². The standard InChI is InChI=1S/C19H19N5O5/c1-12-7-15(16(25)9-22-11-20-19(21-22)24(26)27)13(2)23(12)8-14-10-28-17-5-3-4-6-18(17)29-14/h3-7,11,14H,8-10H2,1-2H3. The van der Waals surface area contributed by atoms with Gasteiger partial charge >= 0.3 is 5.95 Å². The van der Waals surface area contributed by atoms with E-state index in [-0.39, 0.29) is 18.4 Å². The molecule has 0 saturated carbocycles. The van der Waals surface area contributed by atoms with Crippen LogP contribution in [0.2, 0.25) is 0 Å². The van der Waals surface area contributed by atoms with Crippen LogP contribution in [-0.2, 0) is 13.1 Å². The molecule has 150 valence electrons. The number of carbonyl (C=O) groups is 1. The number of aromatic nitrogens is 4. The first-order chi connectivity index (χ1) is 13.9. The molecule has 0 radical (unpaired) electrons. The quantitative estimate of drug-likeness (QED) is 0.356. The fraction of sp³-hybridized carbons (Fsp3) is 0.316. The second-order valence-corrected chi connectivity index (χ2v) is 6.82. The van der Waals surface area contributed by atoms with Crippen molar-refractivity contribution in [3.05, 3.63) is 63.7 Å². The van der Waals surface area contributed by atoms with Crippen molar-refractivity contribution in [1.29, 1.82) is 0 Å². The Morgan fingerprint density at radius 1 is 1.31 bits per heavy atom. The lowest BCUT2D eigenvalue weighted by atomic mass is 10.1. The maximum Gasteiger partial charge on any atom is 0.490 e. The van der Waals surface area contributed by atoms with Crippen LogP contribution in [0.25, 0.3) is 0 Å². The minimum Gasteiger partial charge on any atom is -0.486 e. The molecule has 0 saturated heterocycles. The van der Waals surface area contributed by atoms with E-state index in [2.05, 4.69) is 10.1 Å². The summed E-state index contributed by atoms with van der Waals surface area (Å²) in [6, 6.07) is 9.32. The van der Waals surface area contributed by atoms with E-state index >= 15 is 0 Å². The Morgan fingerprint density at radius 2 is 2.07 bits per heavy atom. The zero-order chi connectivity index (χ0) is 20.5. The number of hydrogen-bond acceptors (Lipinski definition) is 7. The SMILES string of the molecule is Cc1cc(C(=O)Cn2cnc([N+](=O)[O-])n2)c(C)n1CC1COc2ccccc2O1. The number of rotatable bonds is 6. The van der Waals surface area contributed by atoms with Gasteiger partial charge in [0, 0.05) is 22.0 Å². The summed E-state index contributed by atoms with van der Waals surface area (Å²) >= 11 is 0. The van der Waals surface area contributed by atoms with Crippen LogP contribution in [0.1, 0.15) is 21.7 Å². The van der Waals surface area contributed by atoms with Crippen molar-refractivity contribution in [3.63, 3.8) is 0 Å². The Hall–Kier alpha value is -3.69. The Bertz CT molecular complexity index is 1090. The average molecular weight is 397 g/mol. The predicted octanol–water partition coefficient (Wildman–Crippen LogP) is 2.33. The first-order valence-corrected chi connectivity index (χ1v) is 9.04. The Morgan fingerprint density at radius 3 is 2.79 bits per heavy atom. The molecule has 0 amide bonds. The Kier molecular flexibility index (Phi) is 4.75. The monoisotopic (exact) mass is 397 g/mol. The highest BCUT2D eigenvalue weighted by Crippen LogP contribution is 2.31. The molecule has 1 aromatic carbocycles. The summed E-state index contributed by atoms with van der Waals surface area (Å²) in [4.78, 5) is 26.3. The number of fused-ring (bicyclic) bond motifs is 1. The Labute approximate surface area is 165 Å². The van der Waals surface area contributed by atoms with Gasteiger partial charge in [-0.2, -0.15) is 4.68 Å². The van der Waals surface area contributed by atoms with Gasteiger partial charge in [-0.3, -0.25) is 4.79 Å². The van der Waals surface area contributed by atoms with Gasteiger partial charge < -0.3 is 24.2 Å². The second-order valence-electron chi connectivity index (χ2n) is 6.82. The van der Waals surface area contributed by atoms with Gasteiger partial charge in [0.2, 0.25) is 6.33 Å². The number of nitro groups is 1. The summed E-state index contributed by atoms with van der Waals surface area (Å²) < 4.78 is 15.0. The third kappa shape index (κ3) is 3.68. The minimum absolute atomic E-state index is 0.123. The summed E-state index contributed by atoms with van der Waals surface area (Å²) in [6.07, 6.45) is 0.996. The fourth-order valence-electron chi connectivity index (χ4n) is 3.40. The van der Waals surface area contributed by atoms with Gasteiger partial charge in [-0.1, -0.05) is 17.1 Å². The molecule has 0 fully saturated rings. The molecule has 29 heavy (non-hydrogen) atoms. The molecule has 0 aliphatic carbocycles. The van der Waals surface area contributed by atoms with Crippen molar-refractivity contribution >= 4 is 11.7 Å². The largest absolute Gasteiger partial charge is 0.490 e. The summed E-state index contributed by atoms with van der Waals surface area (Å²) in [7, 11) is 0. The summed E-state index contributed by atoms with van der Waals surface area (Å²) in [6.45, 7) is 4.61. The number of nitrogens with zero attached hydrogens (tertiary/aromatic N) is 5. The number of hydrogen-bond donors (Lipinski definition) is 0. The van der Waals surface area contributed by atoms with Crippen molar-refractivity contribution in [3.8, 4) is 11.5 Å². The normalized spacial score (nSPS) is 15.3. The Balaban J connectivity index is 1.49. The highest BCUT2D eigenvalue weighted by molar-refractivity contribution is 5.97. The molecule has 0 bridgehead atoms. The van der Waals surface area contributed by atoms with Crippen molar-refractivity contribution in [2.45, 2.75) is 33.0 Å². The van der Waals surface area contributed by atoms with Crippen molar-refractivity contribution in [2.75, 3.05) is 6.61 Å². The predicted molar refractivity (Wildman–Crippen MR) is 101 cm³/mol. The highest BCUT2D eigenvalue weighted by Gasteiger charge is 2.24. The van der Waals surface area contributed by atoms with Gasteiger partial charge in [-0.25, -0.2) is 0 Å². The topological polar surface area (TPSA) is 114 Å². The molecule has 10 nitrogen and oxygen atoms in total. The van der Waals surface area contributed by atoms with Crippen molar-refractivity contribution in [1.82, 2.24) is 19.3 Å². The third-order valence-electron chi connectivity index (χ3n) is 4.82. The van der Waals surface area contributed by atoms with Crippen LogP contribution >= 0.6 is 0 Å². The highest BCUT2D eigenvalue weighted by atomic mass is 16.6. The molecular weight excluding hydrogens is 378 g/mol. The number of Topliss-reactive ketones (excluding diaryl/α,β-unsaturated/α-hetero) is 1. The molecule has 1 aliphatic rings. The van der Waals surface area contributed by atoms with Crippen LogP contribution in [0.3, 0.4) is 0 Å². The zero-order valence-electron chi connectivity index (χ0n) is 15.9. The molecule has 1 unspecified atom stereocenters. The number of para-hydroxylation sites is 2. The van der Waals surface area contributed by atoms with Gasteiger partial charge in [0.05, 0.1) is 6.54 Å². The van der Waals surface area contributed by atoms with E-state index in [0.29, 0.717) is 24.5 Å². The molecule has 3 aromatic rings. The van der Waals surface area contributed by atoms with E-state index in [1.54, 1.807) is 6.07 Å². The number of ether oxygens (including phenoxy) is 2. The maximum absolute atomic E-state index is 12.7. The van der Waals surface area contributed by atoms with E-state index in [9.17, 15) is 14.9 Å². The number of ketones is 1. The fourth-order valence-corrected chi connectivity index (χ4v) is 3.40. The minimum atomic E-state index is -0.697. The smallest absolute Gasteiger partial charge is 0.486 e. The molecule has 0 N–H and O–H groups in total. The van der Waals surface area contributed by atoms with Gasteiger partial charge in [-0.05, 0) is 37.0 Å². The van der Waals surface area contributed by atoms with E-state index < -0.39 is 10.9 Å². The maximum atomic E-state index is 12.7. The number of benzene rings is 1. The van der Waals surface area contributed by atoms with Crippen molar-refractivity contribution < 1.29 is 19.2 Å². The summed E-state index contributed by atoms with van der Waals surface area (Å²) in [5.41, 5.74) is 2.25. The third-order valence-corrected chi connectivity index (χ3v) is 4.82. The molecule has 0 spiro atoms. The molecule has 3 heterocycles. The molecular formula is C19H19N5O5. The van der Waals surface area contributed by atoms with Gasteiger partial charge in [0.25, 0.3) is 0 Å². The zero-order valence-corrected chi connectivity index (χ0v) is 15.9. The molecule has 4 rings (SSSR count). The lowest BCUT2D eigenvalue weighted by Crippen LogP contribution is -2.33. The van der Waals surface area contributed by atoms with E-state index in [4.69, 9.17) is 9.47 Å². The van der Waals surface area contributed by atoms with Crippen LogP contribution in [0.5, 0.6) is 11.5 Å². The van der Waals surface area contributed by atoms with Crippen LogP contribution in [0.4, 0.5) is 5.95 Å². The van der Waals surface area contributed by atoms with E-state index in [1.165, 1.54) is 11.0 Å². The van der Waals surface area contributed by atoms with Crippen LogP contribution in [-0.4, -0.2) is 42.7 Å². The van der Waals surface area contributed by atoms with Crippen LogP contribution < -0.4 is 9.47 Å². The van der Waals surface area contributed by atoms with E-state index in [1.807, 2.05) is 42.7 Å². The molecule has 10 heteroatoms. The van der Waals surface area contributed by atoms with Gasteiger partial charge in [-0.15, -0.1) is 0 Å². The van der Waals surface area contributed by atoms with Gasteiger partial charge in [0.1, 0.15) is 13.2 Å². The van der Waals surface area contributed by atoms with Crippen LogP contribution in [0, 0.1) is 24.0 Å². The second kappa shape index (κ2) is 7.38. The van der Waals surface area contributed by atoms with Crippen molar-refractivity contribution in [2.24, 2.45) is 0 Å². The average Bonchev–Trinajstić information content (AvgIpc) is 3.28. The first kappa shape index (κ1) is 18.7. The molecule has 2 aromatic heterocycles. The van der Waals surface area contributed by atoms with Crippen LogP contribution in [0.15, 0.2) is 36.7 Å². The summed E-state index contributed by atoms with van der Waals surface area (Å²) in [5.74, 6) is 0.700.